The number of hydrogen-bond acceptors (Lipinski definition) is 6. The lowest BCUT2D eigenvalue weighted by molar-refractivity contribution is 0.0660. The molecule has 2 atom stereocenters. The maximum atomic E-state index is 14.2. The van der Waals surface area contributed by atoms with Crippen LogP contribution >= 0.6 is 0 Å². The Labute approximate surface area is 161 Å². The summed E-state index contributed by atoms with van der Waals surface area (Å²) >= 11 is 0. The van der Waals surface area contributed by atoms with Gasteiger partial charge in [0.2, 0.25) is 5.88 Å². The van der Waals surface area contributed by atoms with E-state index in [-0.39, 0.29) is 23.3 Å². The SMILES string of the molecule is COc1cc(C(=O)N2CC[C@@H](C)[C@H](c3cc(C)nc4ncnn34)C2)c(F)cn1. The smallest absolute Gasteiger partial charge is 0.257 e. The van der Waals surface area contributed by atoms with Gasteiger partial charge in [-0.3, -0.25) is 4.79 Å². The monoisotopic (exact) mass is 384 g/mol. The zero-order valence-corrected chi connectivity index (χ0v) is 16.0. The highest BCUT2D eigenvalue weighted by molar-refractivity contribution is 5.94. The van der Waals surface area contributed by atoms with Gasteiger partial charge in [0.1, 0.15) is 6.33 Å². The molecule has 0 unspecified atom stereocenters. The van der Waals surface area contributed by atoms with Crippen LogP contribution in [0.5, 0.6) is 5.88 Å². The van der Waals surface area contributed by atoms with Gasteiger partial charge in [-0.25, -0.2) is 18.9 Å². The molecule has 1 aliphatic rings. The van der Waals surface area contributed by atoms with Crippen LogP contribution in [-0.4, -0.2) is 55.6 Å². The third-order valence-electron chi connectivity index (χ3n) is 5.30. The lowest BCUT2D eigenvalue weighted by atomic mass is 9.84. The molecular formula is C19H21FN6O2. The molecule has 0 N–H and O–H groups in total. The summed E-state index contributed by atoms with van der Waals surface area (Å²) in [5.41, 5.74) is 1.77. The van der Waals surface area contributed by atoms with Gasteiger partial charge < -0.3 is 9.64 Å². The van der Waals surface area contributed by atoms with Crippen molar-refractivity contribution in [1.82, 2.24) is 29.5 Å². The van der Waals surface area contributed by atoms with Gasteiger partial charge in [0.25, 0.3) is 11.7 Å². The summed E-state index contributed by atoms with van der Waals surface area (Å²) in [6, 6.07) is 3.32. The first kappa shape index (κ1) is 18.3. The van der Waals surface area contributed by atoms with E-state index in [0.717, 1.165) is 24.0 Å². The average Bonchev–Trinajstić information content (AvgIpc) is 3.16. The number of methoxy groups -OCH3 is 1. The van der Waals surface area contributed by atoms with Crippen LogP contribution in [0.15, 0.2) is 24.7 Å². The number of nitrogens with zero attached hydrogens (tertiary/aromatic N) is 6. The van der Waals surface area contributed by atoms with Crippen molar-refractivity contribution in [3.8, 4) is 5.88 Å². The van der Waals surface area contributed by atoms with Crippen molar-refractivity contribution in [2.24, 2.45) is 5.92 Å². The molecule has 146 valence electrons. The average molecular weight is 384 g/mol. The van der Waals surface area contributed by atoms with Gasteiger partial charge in [0.15, 0.2) is 5.82 Å². The number of aryl methyl sites for hydroxylation is 1. The number of likely N-dealkylation sites (tertiary alicyclic amines) is 1. The maximum absolute atomic E-state index is 14.2. The standard InChI is InChI=1S/C19H21FN6O2/c1-11-4-5-25(18(27)13-7-17(28-3)21-8-15(13)20)9-14(11)16-6-12(2)24-19-22-10-23-26(16)19/h6-8,10-11,14H,4-5,9H2,1-3H3/t11-,14-/m1/s1. The van der Waals surface area contributed by atoms with Crippen molar-refractivity contribution in [1.29, 1.82) is 0 Å². The zero-order chi connectivity index (χ0) is 19.8. The molecule has 4 rings (SSSR count). The van der Waals surface area contributed by atoms with E-state index in [1.54, 1.807) is 9.42 Å². The summed E-state index contributed by atoms with van der Waals surface area (Å²) in [6.07, 6.45) is 3.29. The molecule has 1 amide bonds. The number of rotatable bonds is 3. The van der Waals surface area contributed by atoms with Crippen molar-refractivity contribution < 1.29 is 13.9 Å². The molecule has 4 heterocycles. The lowest BCUT2D eigenvalue weighted by Crippen LogP contribution is -2.43. The molecule has 0 spiro atoms. The Hall–Kier alpha value is -3.10. The molecule has 0 saturated carbocycles. The van der Waals surface area contributed by atoms with Crippen LogP contribution in [0.25, 0.3) is 5.78 Å². The van der Waals surface area contributed by atoms with E-state index in [0.29, 0.717) is 24.8 Å². The van der Waals surface area contributed by atoms with Crippen LogP contribution in [-0.2, 0) is 0 Å². The molecule has 8 nitrogen and oxygen atoms in total. The molecule has 3 aromatic rings. The Kier molecular flexibility index (Phi) is 4.66. The van der Waals surface area contributed by atoms with Crippen molar-refractivity contribution in [3.05, 3.63) is 47.4 Å². The van der Waals surface area contributed by atoms with E-state index < -0.39 is 5.82 Å². The van der Waals surface area contributed by atoms with Gasteiger partial charge in [-0.05, 0) is 25.3 Å². The molecule has 0 radical (unpaired) electrons. The second-order valence-corrected chi connectivity index (χ2v) is 7.12. The molecule has 1 saturated heterocycles. The summed E-state index contributed by atoms with van der Waals surface area (Å²) < 4.78 is 21.0. The topological polar surface area (TPSA) is 85.5 Å². The second kappa shape index (κ2) is 7.14. The van der Waals surface area contributed by atoms with E-state index in [4.69, 9.17) is 4.74 Å². The van der Waals surface area contributed by atoms with Crippen LogP contribution in [0.3, 0.4) is 0 Å². The Morgan fingerprint density at radius 1 is 1.32 bits per heavy atom. The maximum Gasteiger partial charge on any atom is 0.257 e. The Morgan fingerprint density at radius 3 is 2.93 bits per heavy atom. The van der Waals surface area contributed by atoms with Gasteiger partial charge in [0, 0.05) is 30.8 Å². The normalized spacial score (nSPS) is 19.8. The molecule has 0 aliphatic carbocycles. The third kappa shape index (κ3) is 3.17. The van der Waals surface area contributed by atoms with E-state index in [9.17, 15) is 9.18 Å². The number of fused-ring (bicyclic) bond motifs is 1. The van der Waals surface area contributed by atoms with E-state index >= 15 is 0 Å². The van der Waals surface area contributed by atoms with E-state index in [2.05, 4.69) is 27.0 Å². The zero-order valence-electron chi connectivity index (χ0n) is 16.0. The quantitative estimate of drug-likeness (QED) is 0.688. The minimum Gasteiger partial charge on any atom is -0.481 e. The highest BCUT2D eigenvalue weighted by Gasteiger charge is 2.33. The third-order valence-corrected chi connectivity index (χ3v) is 5.30. The van der Waals surface area contributed by atoms with Gasteiger partial charge in [-0.15, -0.1) is 0 Å². The first-order valence-electron chi connectivity index (χ1n) is 9.14. The molecule has 1 aliphatic heterocycles. The number of amides is 1. The van der Waals surface area contributed by atoms with Crippen LogP contribution in [0.2, 0.25) is 0 Å². The largest absolute Gasteiger partial charge is 0.481 e. The van der Waals surface area contributed by atoms with Crippen molar-refractivity contribution >= 4 is 11.7 Å². The predicted octanol–water partition coefficient (Wildman–Crippen LogP) is 2.24. The molecule has 0 bridgehead atoms. The number of piperidine rings is 1. The highest BCUT2D eigenvalue weighted by Crippen LogP contribution is 2.33. The number of pyridine rings is 1. The van der Waals surface area contributed by atoms with Crippen LogP contribution < -0.4 is 4.74 Å². The number of aromatic nitrogens is 5. The minimum atomic E-state index is -0.653. The number of ether oxygens (including phenoxy) is 1. The van der Waals surface area contributed by atoms with E-state index in [1.165, 1.54) is 19.5 Å². The fourth-order valence-electron chi connectivity index (χ4n) is 3.73. The fourth-order valence-corrected chi connectivity index (χ4v) is 3.73. The number of carbonyl (C=O) groups excluding carboxylic acids is 1. The second-order valence-electron chi connectivity index (χ2n) is 7.12. The summed E-state index contributed by atoms with van der Waals surface area (Å²) in [7, 11) is 1.43. The minimum absolute atomic E-state index is 0.0306. The first-order valence-corrected chi connectivity index (χ1v) is 9.14. The van der Waals surface area contributed by atoms with Crippen molar-refractivity contribution in [2.75, 3.05) is 20.2 Å². The number of carbonyl (C=O) groups is 1. The molecule has 1 fully saturated rings. The Morgan fingerprint density at radius 2 is 2.14 bits per heavy atom. The summed E-state index contributed by atoms with van der Waals surface area (Å²) in [5.74, 6) is 0.0944. The Balaban J connectivity index is 1.67. The Bertz CT molecular complexity index is 1040. The molecule has 9 heteroatoms. The number of hydrogen-bond donors (Lipinski definition) is 0. The van der Waals surface area contributed by atoms with Gasteiger partial charge in [-0.1, -0.05) is 6.92 Å². The molecule has 0 aromatic carbocycles. The fraction of sp³-hybridized carbons (Fsp3) is 0.421. The summed E-state index contributed by atoms with van der Waals surface area (Å²) in [4.78, 5) is 27.1. The van der Waals surface area contributed by atoms with Gasteiger partial charge >= 0.3 is 0 Å². The predicted molar refractivity (Wildman–Crippen MR) is 98.7 cm³/mol. The summed E-state index contributed by atoms with van der Waals surface area (Å²) in [6.45, 7) is 5.09. The summed E-state index contributed by atoms with van der Waals surface area (Å²) in [5, 5.41) is 4.29. The van der Waals surface area contributed by atoms with Gasteiger partial charge in [-0.2, -0.15) is 10.1 Å². The lowest BCUT2D eigenvalue weighted by Gasteiger charge is -2.37. The van der Waals surface area contributed by atoms with Crippen molar-refractivity contribution in [2.45, 2.75) is 26.2 Å². The molecular weight excluding hydrogens is 363 g/mol. The van der Waals surface area contributed by atoms with Crippen LogP contribution in [0.1, 0.15) is 41.0 Å². The molecule has 3 aromatic heterocycles. The first-order chi connectivity index (χ1) is 13.5. The highest BCUT2D eigenvalue weighted by atomic mass is 19.1. The van der Waals surface area contributed by atoms with Crippen LogP contribution in [0.4, 0.5) is 4.39 Å². The van der Waals surface area contributed by atoms with Crippen LogP contribution in [0, 0.1) is 18.7 Å². The van der Waals surface area contributed by atoms with E-state index in [1.807, 2.05) is 13.0 Å². The van der Waals surface area contributed by atoms with Gasteiger partial charge in [0.05, 0.1) is 24.6 Å². The van der Waals surface area contributed by atoms with Crippen molar-refractivity contribution in [3.63, 3.8) is 0 Å². The molecule has 28 heavy (non-hydrogen) atoms. The number of halogens is 1.